The molecular weight excluding hydrogens is 304 g/mol. The number of ether oxygens (including phenoxy) is 3. The molecule has 0 spiro atoms. The molecule has 0 aromatic carbocycles. The highest BCUT2D eigenvalue weighted by molar-refractivity contribution is 5.20. The van der Waals surface area contributed by atoms with Crippen molar-refractivity contribution in [1.29, 1.82) is 0 Å². The lowest BCUT2D eigenvalue weighted by molar-refractivity contribution is -0.377. The molecule has 7 nitrogen and oxygen atoms in total. The Morgan fingerprint density at radius 2 is 1.91 bits per heavy atom. The quantitative estimate of drug-likeness (QED) is 0.564. The summed E-state index contributed by atoms with van der Waals surface area (Å²) < 4.78 is 17.0. The maximum absolute atomic E-state index is 11.3. The van der Waals surface area contributed by atoms with E-state index >= 15 is 0 Å². The second-order valence-electron chi connectivity index (χ2n) is 7.94. The van der Waals surface area contributed by atoms with Crippen LogP contribution in [0, 0.1) is 11.8 Å². The average Bonchev–Trinajstić information content (AvgIpc) is 2.81. The van der Waals surface area contributed by atoms with Crippen molar-refractivity contribution >= 4 is 0 Å². The van der Waals surface area contributed by atoms with E-state index in [1.54, 1.807) is 0 Å². The van der Waals surface area contributed by atoms with E-state index in [2.05, 4.69) is 0 Å². The van der Waals surface area contributed by atoms with Gasteiger partial charge in [-0.05, 0) is 25.7 Å². The number of methoxy groups -OCH3 is 1. The topological polar surface area (TPSA) is 109 Å². The molecule has 7 heteroatoms. The van der Waals surface area contributed by atoms with Crippen molar-refractivity contribution in [3.63, 3.8) is 0 Å². The first-order valence-electron chi connectivity index (χ1n) is 8.25. The normalized spacial score (nSPS) is 56.0. The van der Waals surface area contributed by atoms with E-state index in [1.807, 2.05) is 13.8 Å². The molecule has 7 unspecified atom stereocenters. The largest absolute Gasteiger partial charge is 0.387 e. The second kappa shape index (κ2) is 5.11. The highest BCUT2D eigenvalue weighted by Crippen LogP contribution is 2.60. The zero-order valence-electron chi connectivity index (χ0n) is 14.2. The number of hydrogen-bond acceptors (Lipinski definition) is 7. The maximum atomic E-state index is 11.3. The Bertz CT molecular complexity index is 481. The van der Waals surface area contributed by atoms with E-state index in [0.717, 1.165) is 0 Å². The molecule has 7 atom stereocenters. The van der Waals surface area contributed by atoms with Crippen LogP contribution in [0.4, 0.5) is 0 Å². The molecule has 3 rings (SSSR count). The molecule has 0 aromatic rings. The number of hydrogen-bond donors (Lipinski definition) is 4. The summed E-state index contributed by atoms with van der Waals surface area (Å²) in [5.41, 5.74) is -3.00. The van der Waals surface area contributed by atoms with Crippen LogP contribution in [-0.4, -0.2) is 69.1 Å². The predicted molar refractivity (Wildman–Crippen MR) is 79.3 cm³/mol. The van der Waals surface area contributed by atoms with Gasteiger partial charge in [0, 0.05) is 19.4 Å². The van der Waals surface area contributed by atoms with Crippen LogP contribution in [0.5, 0.6) is 0 Å². The first-order valence-corrected chi connectivity index (χ1v) is 8.25. The number of aliphatic hydroxyl groups is 4. The molecule has 0 radical (unpaired) electrons. The van der Waals surface area contributed by atoms with E-state index in [9.17, 15) is 20.4 Å². The highest BCUT2D eigenvalue weighted by Gasteiger charge is 2.80. The molecule has 134 valence electrons. The molecule has 4 N–H and O–H groups in total. The van der Waals surface area contributed by atoms with Crippen LogP contribution >= 0.6 is 0 Å². The van der Waals surface area contributed by atoms with Gasteiger partial charge in [0.05, 0.1) is 18.3 Å². The van der Waals surface area contributed by atoms with Crippen LogP contribution in [0.25, 0.3) is 0 Å². The van der Waals surface area contributed by atoms with Crippen LogP contribution in [-0.2, 0) is 14.2 Å². The first kappa shape index (κ1) is 17.5. The average molecular weight is 332 g/mol. The van der Waals surface area contributed by atoms with Crippen molar-refractivity contribution in [3.8, 4) is 0 Å². The number of aliphatic hydroxyl groups excluding tert-OH is 1. The molecular formula is C16H28O7. The number of fused-ring (bicyclic) bond motifs is 3. The predicted octanol–water partition coefficient (Wildman–Crippen LogP) is -0.254. The Morgan fingerprint density at radius 1 is 1.26 bits per heavy atom. The van der Waals surface area contributed by atoms with Crippen molar-refractivity contribution in [2.24, 2.45) is 11.8 Å². The van der Waals surface area contributed by atoms with E-state index in [1.165, 1.54) is 14.0 Å². The molecule has 1 saturated carbocycles. The fourth-order valence-corrected chi connectivity index (χ4v) is 4.51. The van der Waals surface area contributed by atoms with Crippen LogP contribution in [0.1, 0.15) is 40.0 Å². The Hall–Kier alpha value is -0.280. The monoisotopic (exact) mass is 332 g/mol. The summed E-state index contributed by atoms with van der Waals surface area (Å²) in [5, 5.41) is 43.2. The fraction of sp³-hybridized carbons (Fsp3) is 1.00. The minimum Gasteiger partial charge on any atom is -0.387 e. The van der Waals surface area contributed by atoms with Gasteiger partial charge >= 0.3 is 0 Å². The van der Waals surface area contributed by atoms with E-state index in [4.69, 9.17) is 14.2 Å². The van der Waals surface area contributed by atoms with Crippen LogP contribution in [0.3, 0.4) is 0 Å². The Kier molecular flexibility index (Phi) is 3.90. The van der Waals surface area contributed by atoms with Gasteiger partial charge in [0.2, 0.25) is 5.79 Å². The van der Waals surface area contributed by atoms with Gasteiger partial charge in [-0.25, -0.2) is 0 Å². The molecule has 3 fully saturated rings. The summed E-state index contributed by atoms with van der Waals surface area (Å²) in [6.07, 6.45) is -1.03. The van der Waals surface area contributed by atoms with E-state index in [-0.39, 0.29) is 12.5 Å². The summed E-state index contributed by atoms with van der Waals surface area (Å²) in [4.78, 5) is 0. The van der Waals surface area contributed by atoms with Crippen LogP contribution < -0.4 is 0 Å². The van der Waals surface area contributed by atoms with Gasteiger partial charge < -0.3 is 34.6 Å². The third-order valence-electron chi connectivity index (χ3n) is 5.86. The van der Waals surface area contributed by atoms with Gasteiger partial charge in [-0.3, -0.25) is 0 Å². The molecule has 2 aliphatic heterocycles. The first-order chi connectivity index (χ1) is 10.5. The summed E-state index contributed by atoms with van der Waals surface area (Å²) in [6, 6.07) is 0. The fourth-order valence-electron chi connectivity index (χ4n) is 4.51. The Labute approximate surface area is 136 Å². The van der Waals surface area contributed by atoms with Gasteiger partial charge in [0.25, 0.3) is 5.79 Å². The summed E-state index contributed by atoms with van der Waals surface area (Å²) in [6.45, 7) is 5.30. The van der Waals surface area contributed by atoms with Crippen molar-refractivity contribution in [1.82, 2.24) is 0 Å². The van der Waals surface area contributed by atoms with Gasteiger partial charge in [-0.15, -0.1) is 0 Å². The molecule has 1 aliphatic carbocycles. The van der Waals surface area contributed by atoms with Crippen molar-refractivity contribution in [2.45, 2.75) is 75.0 Å². The van der Waals surface area contributed by atoms with Crippen LogP contribution in [0.2, 0.25) is 0 Å². The molecule has 2 saturated heterocycles. The standard InChI is InChI=1S/C16H28O7/c1-9(2)7-15(21-4)16(20)14(19,8-22-15)10-5-6-13(3,18)12(17)11(10)23-16/h9-12,17-20H,5-8H2,1-4H3. The molecule has 0 amide bonds. The highest BCUT2D eigenvalue weighted by atomic mass is 16.8. The van der Waals surface area contributed by atoms with Crippen molar-refractivity contribution < 1.29 is 34.6 Å². The minimum absolute atomic E-state index is 0.126. The van der Waals surface area contributed by atoms with Gasteiger partial charge in [-0.2, -0.15) is 0 Å². The Balaban J connectivity index is 2.01. The molecule has 3 aliphatic rings. The zero-order chi connectivity index (χ0) is 17.3. The van der Waals surface area contributed by atoms with Crippen molar-refractivity contribution in [2.75, 3.05) is 13.7 Å². The van der Waals surface area contributed by atoms with Crippen molar-refractivity contribution in [3.05, 3.63) is 0 Å². The summed E-state index contributed by atoms with van der Waals surface area (Å²) >= 11 is 0. The zero-order valence-corrected chi connectivity index (χ0v) is 14.2. The van der Waals surface area contributed by atoms with Gasteiger partial charge in [-0.1, -0.05) is 13.8 Å². The summed E-state index contributed by atoms with van der Waals surface area (Å²) in [5.74, 6) is -4.00. The van der Waals surface area contributed by atoms with Gasteiger partial charge in [0.1, 0.15) is 6.10 Å². The molecule has 23 heavy (non-hydrogen) atoms. The minimum atomic E-state index is -2.09. The van der Waals surface area contributed by atoms with E-state index < -0.39 is 40.9 Å². The molecule has 2 heterocycles. The lowest BCUT2D eigenvalue weighted by Crippen LogP contribution is -2.63. The van der Waals surface area contributed by atoms with Crippen LogP contribution in [0.15, 0.2) is 0 Å². The third kappa shape index (κ3) is 2.08. The second-order valence-corrected chi connectivity index (χ2v) is 7.94. The SMILES string of the molecule is COC1(CC(C)C)OCC2(O)C3CCC(C)(O)C(O)C3OC12O. The summed E-state index contributed by atoms with van der Waals surface area (Å²) in [7, 11) is 1.41. The molecule has 0 bridgehead atoms. The van der Waals surface area contributed by atoms with E-state index in [0.29, 0.717) is 19.3 Å². The third-order valence-corrected chi connectivity index (χ3v) is 5.86. The lowest BCUT2D eigenvalue weighted by Gasteiger charge is -2.42. The maximum Gasteiger partial charge on any atom is 0.254 e. The number of rotatable bonds is 3. The molecule has 0 aromatic heterocycles. The van der Waals surface area contributed by atoms with Gasteiger partial charge in [0.15, 0.2) is 5.60 Å². The Morgan fingerprint density at radius 3 is 2.48 bits per heavy atom. The lowest BCUT2D eigenvalue weighted by atomic mass is 9.68. The smallest absolute Gasteiger partial charge is 0.254 e.